The number of hydrogen-bond acceptors (Lipinski definition) is 4. The van der Waals surface area contributed by atoms with Crippen molar-refractivity contribution >= 4 is 5.91 Å². The van der Waals surface area contributed by atoms with Crippen molar-refractivity contribution in [3.05, 3.63) is 35.4 Å². The van der Waals surface area contributed by atoms with Crippen LogP contribution < -0.4 is 0 Å². The molecule has 0 aliphatic carbocycles. The molecule has 3 rings (SSSR count). The second-order valence-electron chi connectivity index (χ2n) is 6.83. The molecule has 0 saturated carbocycles. The molecular weight excluding hydrogens is 290 g/mol. The molecule has 2 heterocycles. The normalized spacial score (nSPS) is 21.3. The van der Waals surface area contributed by atoms with E-state index < -0.39 is 0 Å². The molecule has 0 radical (unpaired) electrons. The Balaban J connectivity index is 1.64. The van der Waals surface area contributed by atoms with Gasteiger partial charge in [0.2, 0.25) is 5.91 Å². The van der Waals surface area contributed by atoms with E-state index in [9.17, 15) is 4.79 Å². The van der Waals surface area contributed by atoms with Gasteiger partial charge in [-0.25, -0.2) is 0 Å². The van der Waals surface area contributed by atoms with E-state index in [0.29, 0.717) is 6.04 Å². The van der Waals surface area contributed by atoms with E-state index in [1.54, 1.807) is 0 Å². The Morgan fingerprint density at radius 1 is 1.26 bits per heavy atom. The summed E-state index contributed by atoms with van der Waals surface area (Å²) in [6.45, 7) is 7.36. The fraction of sp³-hybridized carbons (Fsp3) is 0.611. The zero-order chi connectivity index (χ0) is 16.4. The van der Waals surface area contributed by atoms with Crippen LogP contribution in [0.5, 0.6) is 0 Å². The summed E-state index contributed by atoms with van der Waals surface area (Å²) in [6.07, 6.45) is 0. The van der Waals surface area contributed by atoms with Crippen molar-refractivity contribution in [1.29, 1.82) is 0 Å². The van der Waals surface area contributed by atoms with Crippen LogP contribution in [0.25, 0.3) is 0 Å². The van der Waals surface area contributed by atoms with Crippen LogP contribution >= 0.6 is 0 Å². The van der Waals surface area contributed by atoms with E-state index in [1.165, 1.54) is 5.56 Å². The SMILES string of the molecule is Cc1cccc(C(C(=O)N2CC(N3CCOCC3)C2)N(C)C)c1. The molecule has 1 amide bonds. The molecule has 5 heteroatoms. The summed E-state index contributed by atoms with van der Waals surface area (Å²) in [5.74, 6) is 0.213. The van der Waals surface area contributed by atoms with Gasteiger partial charge in [-0.1, -0.05) is 29.8 Å². The molecule has 5 nitrogen and oxygen atoms in total. The molecule has 0 aromatic heterocycles. The van der Waals surface area contributed by atoms with Gasteiger partial charge in [-0.2, -0.15) is 0 Å². The molecule has 1 aromatic carbocycles. The summed E-state index contributed by atoms with van der Waals surface area (Å²) >= 11 is 0. The highest BCUT2D eigenvalue weighted by Crippen LogP contribution is 2.26. The minimum Gasteiger partial charge on any atom is -0.379 e. The highest BCUT2D eigenvalue weighted by molar-refractivity contribution is 5.84. The summed E-state index contributed by atoms with van der Waals surface area (Å²) in [7, 11) is 3.95. The average Bonchev–Trinajstić information content (AvgIpc) is 2.46. The second kappa shape index (κ2) is 6.99. The fourth-order valence-electron chi connectivity index (χ4n) is 3.48. The molecule has 2 fully saturated rings. The Kier molecular flexibility index (Phi) is 4.99. The van der Waals surface area contributed by atoms with Gasteiger partial charge in [0, 0.05) is 32.2 Å². The predicted molar refractivity (Wildman–Crippen MR) is 90.4 cm³/mol. The Labute approximate surface area is 138 Å². The average molecular weight is 317 g/mol. The van der Waals surface area contributed by atoms with Crippen molar-refractivity contribution in [2.75, 3.05) is 53.5 Å². The van der Waals surface area contributed by atoms with Gasteiger partial charge in [-0.05, 0) is 26.6 Å². The number of aryl methyl sites for hydroxylation is 1. The second-order valence-corrected chi connectivity index (χ2v) is 6.83. The number of rotatable bonds is 4. The van der Waals surface area contributed by atoms with Crippen molar-refractivity contribution in [1.82, 2.24) is 14.7 Å². The van der Waals surface area contributed by atoms with E-state index in [4.69, 9.17) is 4.74 Å². The van der Waals surface area contributed by atoms with Gasteiger partial charge in [0.15, 0.2) is 0 Å². The maximum absolute atomic E-state index is 12.9. The lowest BCUT2D eigenvalue weighted by Gasteiger charge is -2.48. The molecule has 1 aromatic rings. The topological polar surface area (TPSA) is 36.0 Å². The highest BCUT2D eigenvalue weighted by atomic mass is 16.5. The Morgan fingerprint density at radius 2 is 1.96 bits per heavy atom. The van der Waals surface area contributed by atoms with Crippen molar-refractivity contribution in [2.45, 2.75) is 19.0 Å². The third-order valence-electron chi connectivity index (χ3n) is 4.84. The Morgan fingerprint density at radius 3 is 2.57 bits per heavy atom. The van der Waals surface area contributed by atoms with E-state index in [-0.39, 0.29) is 11.9 Å². The Bertz CT molecular complexity index is 549. The first-order valence-electron chi connectivity index (χ1n) is 8.40. The lowest BCUT2D eigenvalue weighted by molar-refractivity contribution is -0.145. The molecule has 0 bridgehead atoms. The Hall–Kier alpha value is -1.43. The maximum atomic E-state index is 12.9. The first-order valence-corrected chi connectivity index (χ1v) is 8.40. The van der Waals surface area contributed by atoms with Crippen molar-refractivity contribution < 1.29 is 9.53 Å². The molecule has 0 spiro atoms. The molecule has 2 saturated heterocycles. The minimum absolute atomic E-state index is 0.194. The number of morpholine rings is 1. The smallest absolute Gasteiger partial charge is 0.244 e. The van der Waals surface area contributed by atoms with E-state index in [2.05, 4.69) is 30.0 Å². The van der Waals surface area contributed by atoms with Crippen LogP contribution in [0.4, 0.5) is 0 Å². The maximum Gasteiger partial charge on any atom is 0.244 e. The van der Waals surface area contributed by atoms with Crippen LogP contribution in [-0.2, 0) is 9.53 Å². The van der Waals surface area contributed by atoms with Gasteiger partial charge in [-0.15, -0.1) is 0 Å². The van der Waals surface area contributed by atoms with Crippen molar-refractivity contribution in [3.8, 4) is 0 Å². The van der Waals surface area contributed by atoms with Gasteiger partial charge >= 0.3 is 0 Å². The van der Waals surface area contributed by atoms with Gasteiger partial charge in [0.25, 0.3) is 0 Å². The van der Waals surface area contributed by atoms with E-state index >= 15 is 0 Å². The number of carbonyl (C=O) groups excluding carboxylic acids is 1. The van der Waals surface area contributed by atoms with Gasteiger partial charge in [0.1, 0.15) is 6.04 Å². The lowest BCUT2D eigenvalue weighted by Crippen LogP contribution is -2.64. The van der Waals surface area contributed by atoms with Crippen molar-refractivity contribution in [2.24, 2.45) is 0 Å². The largest absolute Gasteiger partial charge is 0.379 e. The molecular formula is C18H27N3O2. The minimum atomic E-state index is -0.194. The first-order chi connectivity index (χ1) is 11.1. The number of amides is 1. The van der Waals surface area contributed by atoms with Crippen LogP contribution in [0.2, 0.25) is 0 Å². The predicted octanol–water partition coefficient (Wildman–Crippen LogP) is 1.14. The zero-order valence-electron chi connectivity index (χ0n) is 14.4. The highest BCUT2D eigenvalue weighted by Gasteiger charge is 2.38. The third kappa shape index (κ3) is 3.57. The third-order valence-corrected chi connectivity index (χ3v) is 4.84. The number of ether oxygens (including phenoxy) is 1. The molecule has 1 atom stereocenters. The molecule has 126 valence electrons. The molecule has 23 heavy (non-hydrogen) atoms. The number of hydrogen-bond donors (Lipinski definition) is 0. The molecule has 2 aliphatic rings. The lowest BCUT2D eigenvalue weighted by atomic mass is 9.99. The molecule has 1 unspecified atom stereocenters. The summed E-state index contributed by atoms with van der Waals surface area (Å²) in [4.78, 5) is 19.4. The molecule has 2 aliphatic heterocycles. The molecule has 0 N–H and O–H groups in total. The van der Waals surface area contributed by atoms with Crippen LogP contribution in [0.3, 0.4) is 0 Å². The summed E-state index contributed by atoms with van der Waals surface area (Å²) in [5.41, 5.74) is 2.27. The number of benzene rings is 1. The van der Waals surface area contributed by atoms with E-state index in [0.717, 1.165) is 45.0 Å². The van der Waals surface area contributed by atoms with Crippen LogP contribution in [0, 0.1) is 6.92 Å². The van der Waals surface area contributed by atoms with Gasteiger partial charge in [-0.3, -0.25) is 14.6 Å². The van der Waals surface area contributed by atoms with Crippen LogP contribution in [-0.4, -0.2) is 80.1 Å². The summed E-state index contributed by atoms with van der Waals surface area (Å²) < 4.78 is 5.40. The number of carbonyl (C=O) groups is 1. The van der Waals surface area contributed by atoms with Crippen LogP contribution in [0.1, 0.15) is 17.2 Å². The number of likely N-dealkylation sites (tertiary alicyclic amines) is 1. The van der Waals surface area contributed by atoms with E-state index in [1.807, 2.05) is 30.0 Å². The first kappa shape index (κ1) is 16.4. The summed E-state index contributed by atoms with van der Waals surface area (Å²) in [6, 6.07) is 8.57. The quantitative estimate of drug-likeness (QED) is 0.834. The summed E-state index contributed by atoms with van der Waals surface area (Å²) in [5, 5.41) is 0. The number of nitrogens with zero attached hydrogens (tertiary/aromatic N) is 3. The fourth-order valence-corrected chi connectivity index (χ4v) is 3.48. The monoisotopic (exact) mass is 317 g/mol. The van der Waals surface area contributed by atoms with Crippen molar-refractivity contribution in [3.63, 3.8) is 0 Å². The standard InChI is InChI=1S/C18H27N3O2/c1-14-5-4-6-15(11-14)17(19(2)3)18(22)21-12-16(13-21)20-7-9-23-10-8-20/h4-6,11,16-17H,7-10,12-13H2,1-3H3. The number of likely N-dealkylation sites (N-methyl/N-ethyl adjacent to an activating group) is 1. The zero-order valence-corrected chi connectivity index (χ0v) is 14.4. The van der Waals surface area contributed by atoms with Gasteiger partial charge < -0.3 is 9.64 Å². The van der Waals surface area contributed by atoms with Crippen LogP contribution in [0.15, 0.2) is 24.3 Å². The van der Waals surface area contributed by atoms with Gasteiger partial charge in [0.05, 0.1) is 13.2 Å².